The predicted octanol–water partition coefficient (Wildman–Crippen LogP) is 5.94. The topological polar surface area (TPSA) is 26.3 Å². The second kappa shape index (κ2) is 6.20. The second-order valence-corrected chi connectivity index (χ2v) is 10.1. The Morgan fingerprint density at radius 3 is 1.89 bits per heavy atom. The average molecular weight is 375 g/mol. The van der Waals surface area contributed by atoms with Crippen LogP contribution in [-0.2, 0) is 9.53 Å². The van der Waals surface area contributed by atoms with E-state index in [0.717, 1.165) is 0 Å². The monoisotopic (exact) mass is 374 g/mol. The van der Waals surface area contributed by atoms with E-state index in [4.69, 9.17) is 4.74 Å². The molecule has 0 unspecified atom stereocenters. The number of hydrogen-bond acceptors (Lipinski definition) is 2. The summed E-state index contributed by atoms with van der Waals surface area (Å²) in [6, 6.07) is 20.9. The Morgan fingerprint density at radius 1 is 0.893 bits per heavy atom. The van der Waals surface area contributed by atoms with Crippen LogP contribution < -0.4 is 0 Å². The van der Waals surface area contributed by atoms with Crippen LogP contribution in [0.1, 0.15) is 63.0 Å². The summed E-state index contributed by atoms with van der Waals surface area (Å²) in [5.74, 6) is 1.08. The zero-order valence-electron chi connectivity index (χ0n) is 17.1. The molecule has 3 saturated carbocycles. The van der Waals surface area contributed by atoms with Crippen LogP contribution in [0.4, 0.5) is 0 Å². The smallest absolute Gasteiger partial charge is 0.310 e. The van der Waals surface area contributed by atoms with Crippen molar-refractivity contribution < 1.29 is 9.53 Å². The quantitative estimate of drug-likeness (QED) is 0.619. The maximum absolute atomic E-state index is 13.4. The number of carbonyl (C=O) groups excluding carboxylic acids is 1. The molecule has 28 heavy (non-hydrogen) atoms. The summed E-state index contributed by atoms with van der Waals surface area (Å²) in [5.41, 5.74) is 2.74. The first-order valence-electron chi connectivity index (χ1n) is 10.7. The first kappa shape index (κ1) is 18.0. The molecule has 2 aromatic rings. The van der Waals surface area contributed by atoms with Crippen molar-refractivity contribution in [2.45, 2.75) is 58.0 Å². The number of carbonyl (C=O) groups is 1. The molecule has 2 aromatic carbocycles. The largest absolute Gasteiger partial charge is 0.461 e. The average Bonchev–Trinajstić information content (AvgIpc) is 3.27. The molecule has 2 bridgehead atoms. The van der Waals surface area contributed by atoms with Crippen LogP contribution in [-0.4, -0.2) is 12.1 Å². The summed E-state index contributed by atoms with van der Waals surface area (Å²) in [4.78, 5) is 13.4. The molecule has 3 fully saturated rings. The van der Waals surface area contributed by atoms with Gasteiger partial charge in [0.1, 0.15) is 6.10 Å². The number of benzene rings is 2. The standard InChI is InChI=1S/C26H30O2/c1-25(2)19-14-15-26(3,16-19)24(25)28-23(27)22-20(17-10-6-4-7-11-17)21(22)18-12-8-5-9-13-18/h4-13,19-22,24H,14-16H2,1-3H3/t19-,20+,21+,24-,26+/m0/s1. The Balaban J connectivity index is 1.42. The Morgan fingerprint density at radius 2 is 1.43 bits per heavy atom. The van der Waals surface area contributed by atoms with E-state index >= 15 is 0 Å². The summed E-state index contributed by atoms with van der Waals surface area (Å²) < 4.78 is 6.35. The molecule has 5 atom stereocenters. The number of fused-ring (bicyclic) bond motifs is 2. The fourth-order valence-electron chi connectivity index (χ4n) is 6.53. The summed E-state index contributed by atoms with van der Waals surface area (Å²) >= 11 is 0. The van der Waals surface area contributed by atoms with Gasteiger partial charge in [-0.3, -0.25) is 4.79 Å². The SMILES string of the molecule is CC1(C)[C@H]2CC[C@](C)(C2)[C@H]1OC(=O)C1[C@H](c2ccccc2)[C@H]1c1ccccc1. The van der Waals surface area contributed by atoms with Crippen molar-refractivity contribution >= 4 is 5.97 Å². The zero-order valence-corrected chi connectivity index (χ0v) is 17.1. The van der Waals surface area contributed by atoms with Gasteiger partial charge >= 0.3 is 5.97 Å². The van der Waals surface area contributed by atoms with Gasteiger partial charge in [-0.1, -0.05) is 81.4 Å². The molecule has 0 aliphatic heterocycles. The van der Waals surface area contributed by atoms with Crippen LogP contribution in [0.3, 0.4) is 0 Å². The van der Waals surface area contributed by atoms with Gasteiger partial charge in [-0.05, 0) is 36.3 Å². The highest BCUT2D eigenvalue weighted by Gasteiger charge is 2.63. The van der Waals surface area contributed by atoms with Crippen molar-refractivity contribution in [2.24, 2.45) is 22.7 Å². The molecule has 5 rings (SSSR count). The summed E-state index contributed by atoms with van der Waals surface area (Å²) in [7, 11) is 0. The number of hydrogen-bond donors (Lipinski definition) is 0. The van der Waals surface area contributed by atoms with Gasteiger partial charge in [0, 0.05) is 22.7 Å². The minimum absolute atomic E-state index is 0.00885. The van der Waals surface area contributed by atoms with Crippen molar-refractivity contribution in [3.05, 3.63) is 71.8 Å². The Hall–Kier alpha value is -2.09. The summed E-state index contributed by atoms with van der Waals surface area (Å²) in [6.45, 7) is 6.93. The molecule has 0 spiro atoms. The second-order valence-electron chi connectivity index (χ2n) is 10.1. The molecule has 3 aliphatic rings. The van der Waals surface area contributed by atoms with Crippen LogP contribution in [0.5, 0.6) is 0 Å². The van der Waals surface area contributed by atoms with E-state index in [-0.39, 0.29) is 40.7 Å². The lowest BCUT2D eigenvalue weighted by Crippen LogP contribution is -2.44. The van der Waals surface area contributed by atoms with E-state index in [1.807, 2.05) is 12.1 Å². The summed E-state index contributed by atoms with van der Waals surface area (Å²) in [6.07, 6.45) is 3.71. The van der Waals surface area contributed by atoms with Crippen LogP contribution in [0.2, 0.25) is 0 Å². The van der Waals surface area contributed by atoms with E-state index in [1.54, 1.807) is 0 Å². The van der Waals surface area contributed by atoms with Gasteiger partial charge in [-0.15, -0.1) is 0 Å². The van der Waals surface area contributed by atoms with Gasteiger partial charge < -0.3 is 4.74 Å². The number of esters is 1. The molecule has 0 amide bonds. The third kappa shape index (κ3) is 2.64. The minimum atomic E-state index is -0.0664. The molecule has 2 heteroatoms. The normalized spacial score (nSPS) is 37.6. The molecule has 3 aliphatic carbocycles. The van der Waals surface area contributed by atoms with Crippen molar-refractivity contribution in [1.29, 1.82) is 0 Å². The van der Waals surface area contributed by atoms with Crippen LogP contribution in [0, 0.1) is 22.7 Å². The highest BCUT2D eigenvalue weighted by molar-refractivity contribution is 5.80. The highest BCUT2D eigenvalue weighted by Crippen LogP contribution is 2.65. The van der Waals surface area contributed by atoms with Crippen molar-refractivity contribution in [2.75, 3.05) is 0 Å². The zero-order chi connectivity index (χ0) is 19.5. The van der Waals surface area contributed by atoms with E-state index in [9.17, 15) is 4.79 Å². The van der Waals surface area contributed by atoms with E-state index in [0.29, 0.717) is 5.92 Å². The van der Waals surface area contributed by atoms with Gasteiger partial charge in [0.25, 0.3) is 0 Å². The molecule has 0 aromatic heterocycles. The first-order valence-corrected chi connectivity index (χ1v) is 10.7. The van der Waals surface area contributed by atoms with Crippen molar-refractivity contribution in [1.82, 2.24) is 0 Å². The maximum atomic E-state index is 13.4. The fourth-order valence-corrected chi connectivity index (χ4v) is 6.53. The van der Waals surface area contributed by atoms with Gasteiger partial charge in [-0.25, -0.2) is 0 Å². The lowest BCUT2D eigenvalue weighted by molar-refractivity contribution is -0.166. The lowest BCUT2D eigenvalue weighted by atomic mass is 9.70. The molecular formula is C26H30O2. The maximum Gasteiger partial charge on any atom is 0.310 e. The van der Waals surface area contributed by atoms with Crippen LogP contribution >= 0.6 is 0 Å². The van der Waals surface area contributed by atoms with Gasteiger partial charge in [0.15, 0.2) is 0 Å². The van der Waals surface area contributed by atoms with E-state index < -0.39 is 0 Å². The van der Waals surface area contributed by atoms with Gasteiger partial charge in [0.05, 0.1) is 5.92 Å². The van der Waals surface area contributed by atoms with E-state index in [1.165, 1.54) is 30.4 Å². The molecule has 146 valence electrons. The Labute approximate surface area is 168 Å². The van der Waals surface area contributed by atoms with Crippen LogP contribution in [0.25, 0.3) is 0 Å². The Kier molecular flexibility index (Phi) is 3.98. The molecule has 0 saturated heterocycles. The number of ether oxygens (including phenoxy) is 1. The molecule has 0 heterocycles. The lowest BCUT2D eigenvalue weighted by Gasteiger charge is -2.41. The van der Waals surface area contributed by atoms with Gasteiger partial charge in [0.2, 0.25) is 0 Å². The van der Waals surface area contributed by atoms with Gasteiger partial charge in [-0.2, -0.15) is 0 Å². The molecule has 0 N–H and O–H groups in total. The predicted molar refractivity (Wildman–Crippen MR) is 111 cm³/mol. The third-order valence-electron chi connectivity index (χ3n) is 8.03. The van der Waals surface area contributed by atoms with Crippen molar-refractivity contribution in [3.63, 3.8) is 0 Å². The van der Waals surface area contributed by atoms with E-state index in [2.05, 4.69) is 69.3 Å². The first-order chi connectivity index (χ1) is 13.4. The third-order valence-corrected chi connectivity index (χ3v) is 8.03. The number of rotatable bonds is 4. The highest BCUT2D eigenvalue weighted by atomic mass is 16.5. The fraction of sp³-hybridized carbons (Fsp3) is 0.500. The molecular weight excluding hydrogens is 344 g/mol. The molecule has 0 radical (unpaired) electrons. The minimum Gasteiger partial charge on any atom is -0.461 e. The Bertz CT molecular complexity index is 822. The van der Waals surface area contributed by atoms with Crippen molar-refractivity contribution in [3.8, 4) is 0 Å². The van der Waals surface area contributed by atoms with Crippen LogP contribution in [0.15, 0.2) is 60.7 Å². The summed E-state index contributed by atoms with van der Waals surface area (Å²) in [5, 5.41) is 0. The molecule has 2 nitrogen and oxygen atoms in total.